The van der Waals surface area contributed by atoms with Gasteiger partial charge in [-0.25, -0.2) is 0 Å². The molecule has 122 valence electrons. The van der Waals surface area contributed by atoms with Gasteiger partial charge in [0.1, 0.15) is 0 Å². The van der Waals surface area contributed by atoms with E-state index in [9.17, 15) is 4.79 Å². The van der Waals surface area contributed by atoms with Crippen LogP contribution in [0.5, 0.6) is 0 Å². The Morgan fingerprint density at radius 1 is 1.17 bits per heavy atom. The molecule has 1 aliphatic heterocycles. The van der Waals surface area contributed by atoms with Crippen molar-refractivity contribution in [1.29, 1.82) is 0 Å². The van der Waals surface area contributed by atoms with Gasteiger partial charge < -0.3 is 5.32 Å². The molecule has 1 heterocycles. The summed E-state index contributed by atoms with van der Waals surface area (Å²) in [6.07, 6.45) is 0.677. The monoisotopic (exact) mass is 357 g/mol. The lowest BCUT2D eigenvalue weighted by atomic mass is 10.1. The molecule has 0 aromatic heterocycles. The van der Waals surface area contributed by atoms with Gasteiger partial charge in [-0.05, 0) is 36.6 Å². The quantitative estimate of drug-likeness (QED) is 0.666. The number of halogens is 1. The molecule has 0 unspecified atom stereocenters. The van der Waals surface area contributed by atoms with Gasteiger partial charge in [-0.1, -0.05) is 65.8 Å². The Kier molecular flexibility index (Phi) is 5.33. The predicted molar refractivity (Wildman–Crippen MR) is 101 cm³/mol. The second-order valence-corrected chi connectivity index (χ2v) is 7.01. The van der Waals surface area contributed by atoms with Crippen LogP contribution in [0.25, 0.3) is 0 Å². The first-order chi connectivity index (χ1) is 11.6. The number of rotatable bonds is 4. The molecule has 1 amide bonds. The van der Waals surface area contributed by atoms with Gasteiger partial charge in [-0.3, -0.25) is 4.79 Å². The third kappa shape index (κ3) is 4.24. The number of nitrogens with zero attached hydrogens (tertiary/aromatic N) is 2. The lowest BCUT2D eigenvalue weighted by molar-refractivity contribution is -0.118. The second-order valence-electron chi connectivity index (χ2n) is 5.38. The zero-order chi connectivity index (χ0) is 16.9. The molecule has 1 fully saturated rings. The maximum atomic E-state index is 12.1. The summed E-state index contributed by atoms with van der Waals surface area (Å²) in [5.41, 5.74) is 2.84. The van der Waals surface area contributed by atoms with E-state index in [1.165, 1.54) is 11.8 Å². The molecular weight excluding hydrogens is 342 g/mol. The number of thioether (sulfide) groups is 1. The Bertz CT molecular complexity index is 788. The van der Waals surface area contributed by atoms with E-state index in [4.69, 9.17) is 11.6 Å². The smallest absolute Gasteiger partial charge is 0.239 e. The van der Waals surface area contributed by atoms with Gasteiger partial charge in [0.05, 0.1) is 11.0 Å². The maximum Gasteiger partial charge on any atom is 0.239 e. The average Bonchev–Trinajstić information content (AvgIpc) is 2.94. The molecule has 3 rings (SSSR count). The summed E-state index contributed by atoms with van der Waals surface area (Å²) in [4.78, 5) is 12.1. The molecule has 4 nitrogen and oxygen atoms in total. The Labute approximate surface area is 150 Å². The first-order valence-corrected chi connectivity index (χ1v) is 8.77. The molecule has 0 saturated carbocycles. The molecule has 2 aromatic carbocycles. The molecule has 2 aromatic rings. The van der Waals surface area contributed by atoms with Crippen molar-refractivity contribution >= 4 is 40.1 Å². The number of nitrogens with one attached hydrogen (secondary N) is 1. The summed E-state index contributed by atoms with van der Waals surface area (Å²) < 4.78 is 0. The van der Waals surface area contributed by atoms with Gasteiger partial charge in [0, 0.05) is 5.02 Å². The van der Waals surface area contributed by atoms with Crippen molar-refractivity contribution in [2.75, 3.05) is 0 Å². The molecule has 24 heavy (non-hydrogen) atoms. The molecule has 1 N–H and O–H groups in total. The van der Waals surface area contributed by atoms with E-state index < -0.39 is 0 Å². The van der Waals surface area contributed by atoms with Crippen LogP contribution >= 0.6 is 23.4 Å². The van der Waals surface area contributed by atoms with E-state index in [-0.39, 0.29) is 11.2 Å². The van der Waals surface area contributed by atoms with E-state index in [1.807, 2.05) is 61.5 Å². The Morgan fingerprint density at radius 3 is 2.58 bits per heavy atom. The summed E-state index contributed by atoms with van der Waals surface area (Å²) in [7, 11) is 0. The zero-order valence-electron chi connectivity index (χ0n) is 13.1. The van der Waals surface area contributed by atoms with Gasteiger partial charge in [0.15, 0.2) is 5.17 Å². The van der Waals surface area contributed by atoms with Gasteiger partial charge in [0.25, 0.3) is 0 Å². The van der Waals surface area contributed by atoms with Gasteiger partial charge >= 0.3 is 0 Å². The standard InChI is InChI=1S/C18H16ClN3OS/c1-12(14-7-9-15(19)10-8-14)21-22-18-20-17(23)16(24-18)11-13-5-3-2-4-6-13/h2-10,16H,11H2,1H3,(H,20,22,23)/b21-12+/t16-/m1/s1. The highest BCUT2D eigenvalue weighted by molar-refractivity contribution is 8.15. The fourth-order valence-corrected chi connectivity index (χ4v) is 3.37. The lowest BCUT2D eigenvalue weighted by Gasteiger charge is -2.04. The molecule has 0 bridgehead atoms. The van der Waals surface area contributed by atoms with Crippen molar-refractivity contribution in [3.8, 4) is 0 Å². The van der Waals surface area contributed by atoms with Crippen LogP contribution in [0.2, 0.25) is 5.02 Å². The first-order valence-electron chi connectivity index (χ1n) is 7.51. The molecule has 1 aliphatic rings. The molecular formula is C18H16ClN3OS. The molecule has 0 spiro atoms. The van der Waals surface area contributed by atoms with E-state index >= 15 is 0 Å². The van der Waals surface area contributed by atoms with Crippen LogP contribution in [0.3, 0.4) is 0 Å². The Morgan fingerprint density at radius 2 is 1.88 bits per heavy atom. The van der Waals surface area contributed by atoms with Crippen LogP contribution in [0.1, 0.15) is 18.1 Å². The number of amidine groups is 1. The van der Waals surface area contributed by atoms with E-state index in [0.29, 0.717) is 16.6 Å². The van der Waals surface area contributed by atoms with Crippen LogP contribution in [0, 0.1) is 0 Å². The minimum absolute atomic E-state index is 0.0260. The van der Waals surface area contributed by atoms with Crippen LogP contribution in [-0.4, -0.2) is 22.0 Å². The minimum atomic E-state index is -0.169. The Balaban J connectivity index is 1.67. The summed E-state index contributed by atoms with van der Waals surface area (Å²) >= 11 is 7.29. The third-order valence-electron chi connectivity index (χ3n) is 3.59. The zero-order valence-corrected chi connectivity index (χ0v) is 14.6. The number of carbonyl (C=O) groups excluding carboxylic acids is 1. The number of hydrogen-bond acceptors (Lipinski definition) is 4. The number of carbonyl (C=O) groups is 1. The van der Waals surface area contributed by atoms with Crippen molar-refractivity contribution in [3.63, 3.8) is 0 Å². The maximum absolute atomic E-state index is 12.1. The summed E-state index contributed by atoms with van der Waals surface area (Å²) in [5.74, 6) is -0.0260. The summed E-state index contributed by atoms with van der Waals surface area (Å²) in [5, 5.41) is 12.2. The highest BCUT2D eigenvalue weighted by Gasteiger charge is 2.30. The summed E-state index contributed by atoms with van der Waals surface area (Å²) in [6.45, 7) is 1.87. The SMILES string of the molecule is C/C(=N\N=C1/NC(=O)[C@@H](Cc2ccccc2)S1)c1ccc(Cl)cc1. The number of amides is 1. The van der Waals surface area contributed by atoms with Crippen molar-refractivity contribution in [2.45, 2.75) is 18.6 Å². The van der Waals surface area contributed by atoms with Crippen molar-refractivity contribution in [2.24, 2.45) is 10.2 Å². The normalized spacial score (nSPS) is 19.6. The van der Waals surface area contributed by atoms with Gasteiger partial charge in [0.2, 0.25) is 5.91 Å². The third-order valence-corrected chi connectivity index (χ3v) is 4.92. The molecule has 1 atom stereocenters. The summed E-state index contributed by atoms with van der Waals surface area (Å²) in [6, 6.07) is 17.4. The van der Waals surface area contributed by atoms with E-state index in [1.54, 1.807) is 0 Å². The van der Waals surface area contributed by atoms with Crippen molar-refractivity contribution < 1.29 is 4.79 Å². The fourth-order valence-electron chi connectivity index (χ4n) is 2.28. The topological polar surface area (TPSA) is 53.8 Å². The lowest BCUT2D eigenvalue weighted by Crippen LogP contribution is -2.25. The average molecular weight is 358 g/mol. The van der Waals surface area contributed by atoms with Gasteiger partial charge in [-0.2, -0.15) is 5.10 Å². The molecule has 0 radical (unpaired) electrons. The molecule has 0 aliphatic carbocycles. The van der Waals surface area contributed by atoms with Crippen molar-refractivity contribution in [3.05, 3.63) is 70.7 Å². The van der Waals surface area contributed by atoms with Crippen LogP contribution in [-0.2, 0) is 11.2 Å². The predicted octanol–water partition coefficient (Wildman–Crippen LogP) is 3.89. The molecule has 6 heteroatoms. The number of hydrogen-bond donors (Lipinski definition) is 1. The molecule has 1 saturated heterocycles. The Hall–Kier alpha value is -2.11. The van der Waals surface area contributed by atoms with Crippen molar-refractivity contribution in [1.82, 2.24) is 5.32 Å². The minimum Gasteiger partial charge on any atom is -0.303 e. The van der Waals surface area contributed by atoms with Crippen LogP contribution in [0.15, 0.2) is 64.8 Å². The largest absolute Gasteiger partial charge is 0.303 e. The van der Waals surface area contributed by atoms with Crippen LogP contribution in [0.4, 0.5) is 0 Å². The van der Waals surface area contributed by atoms with E-state index in [0.717, 1.165) is 16.8 Å². The first kappa shape index (κ1) is 16.7. The highest BCUT2D eigenvalue weighted by atomic mass is 35.5. The highest BCUT2D eigenvalue weighted by Crippen LogP contribution is 2.23. The number of benzene rings is 2. The van der Waals surface area contributed by atoms with Gasteiger partial charge in [-0.15, -0.1) is 5.10 Å². The second kappa shape index (κ2) is 7.64. The van der Waals surface area contributed by atoms with Crippen LogP contribution < -0.4 is 5.32 Å². The van der Waals surface area contributed by atoms with E-state index in [2.05, 4.69) is 15.5 Å². The fraction of sp³-hybridized carbons (Fsp3) is 0.167.